The van der Waals surface area contributed by atoms with Gasteiger partial charge in [0.15, 0.2) is 0 Å². The number of likely N-dealkylation sites (N-methyl/N-ethyl adjacent to an activating group) is 1. The molecule has 0 saturated carbocycles. The Morgan fingerprint density at radius 3 is 2.37 bits per heavy atom. The average molecular weight is 269 g/mol. The molecule has 1 rings (SSSR count). The number of hydrogen-bond donors (Lipinski definition) is 2. The van der Waals surface area contributed by atoms with Crippen LogP contribution in [-0.2, 0) is 0 Å². The van der Waals surface area contributed by atoms with E-state index >= 15 is 0 Å². The molecule has 1 unspecified atom stereocenters. The molecule has 1 atom stereocenters. The molecule has 0 aliphatic carbocycles. The predicted octanol–water partition coefficient (Wildman–Crippen LogP) is 2.78. The summed E-state index contributed by atoms with van der Waals surface area (Å²) in [4.78, 5) is 1.95. The van der Waals surface area contributed by atoms with E-state index in [2.05, 4.69) is 0 Å². The number of aliphatic hydroxyl groups excluding tert-OH is 1. The Kier molecular flexibility index (Phi) is 4.93. The normalized spacial score (nSPS) is 13.5. The third kappa shape index (κ3) is 4.18. The first-order valence-electron chi connectivity index (χ1n) is 6.61. The minimum atomic E-state index is -0.853. The summed E-state index contributed by atoms with van der Waals surface area (Å²) in [6.07, 6.45) is -0.749. The summed E-state index contributed by atoms with van der Waals surface area (Å²) in [6.45, 7) is 9.84. The first kappa shape index (κ1) is 15.9. The fourth-order valence-electron chi connectivity index (χ4n) is 2.12. The van der Waals surface area contributed by atoms with Crippen molar-refractivity contribution in [3.05, 3.63) is 29.1 Å². The van der Waals surface area contributed by atoms with Gasteiger partial charge in [-0.25, -0.2) is 4.39 Å². The number of nitrogens with zero attached hydrogens (tertiary/aromatic N) is 1. The highest BCUT2D eigenvalue weighted by Crippen LogP contribution is 2.30. The summed E-state index contributed by atoms with van der Waals surface area (Å²) in [7, 11) is 0. The van der Waals surface area contributed by atoms with Gasteiger partial charge in [-0.1, -0.05) is 0 Å². The predicted molar refractivity (Wildman–Crippen MR) is 76.0 cm³/mol. The largest absolute Gasteiger partial charge is 0.389 e. The molecule has 3 nitrogen and oxygen atoms in total. The third-order valence-electron chi connectivity index (χ3n) is 3.06. The average Bonchev–Trinajstić information content (AvgIpc) is 2.27. The van der Waals surface area contributed by atoms with E-state index in [1.165, 1.54) is 6.07 Å². The lowest BCUT2D eigenvalue weighted by atomic mass is 10.0. The van der Waals surface area contributed by atoms with E-state index in [0.717, 1.165) is 5.69 Å². The van der Waals surface area contributed by atoms with Gasteiger partial charge in [-0.05, 0) is 52.3 Å². The SMILES string of the molecule is CCN(CC(C)(C)O)c1cc(C)c(F)cc1C(C)O. The van der Waals surface area contributed by atoms with Crippen LogP contribution in [0.4, 0.5) is 10.1 Å². The van der Waals surface area contributed by atoms with Gasteiger partial charge in [-0.15, -0.1) is 0 Å². The van der Waals surface area contributed by atoms with Crippen LogP contribution in [0.1, 0.15) is 44.9 Å². The highest BCUT2D eigenvalue weighted by atomic mass is 19.1. The van der Waals surface area contributed by atoms with Crippen LogP contribution in [0.15, 0.2) is 12.1 Å². The molecule has 0 fully saturated rings. The van der Waals surface area contributed by atoms with Crippen molar-refractivity contribution in [2.75, 3.05) is 18.0 Å². The molecule has 0 spiro atoms. The second-order valence-electron chi connectivity index (χ2n) is 5.66. The Bertz CT molecular complexity index is 439. The van der Waals surface area contributed by atoms with Crippen LogP contribution >= 0.6 is 0 Å². The lowest BCUT2D eigenvalue weighted by Gasteiger charge is -2.32. The van der Waals surface area contributed by atoms with Gasteiger partial charge in [0.25, 0.3) is 0 Å². The molecule has 108 valence electrons. The summed E-state index contributed by atoms with van der Waals surface area (Å²) < 4.78 is 13.6. The summed E-state index contributed by atoms with van der Waals surface area (Å²) >= 11 is 0. The van der Waals surface area contributed by atoms with Crippen molar-refractivity contribution < 1.29 is 14.6 Å². The van der Waals surface area contributed by atoms with Crippen molar-refractivity contribution in [2.45, 2.75) is 46.3 Å². The van der Waals surface area contributed by atoms with E-state index in [4.69, 9.17) is 0 Å². The van der Waals surface area contributed by atoms with Crippen LogP contribution in [-0.4, -0.2) is 28.9 Å². The topological polar surface area (TPSA) is 43.7 Å². The standard InChI is InChI=1S/C15H24FNO2/c1-6-17(9-15(4,5)19)14-7-10(2)13(16)8-12(14)11(3)18/h7-8,11,18-19H,6,9H2,1-5H3. The molecule has 1 aromatic carbocycles. The first-order valence-corrected chi connectivity index (χ1v) is 6.61. The summed E-state index contributed by atoms with van der Waals surface area (Å²) in [5.74, 6) is -0.320. The zero-order valence-corrected chi connectivity index (χ0v) is 12.4. The lowest BCUT2D eigenvalue weighted by molar-refractivity contribution is 0.0873. The molecule has 1 aromatic rings. The van der Waals surface area contributed by atoms with Gasteiger partial charge in [-0.3, -0.25) is 0 Å². The first-order chi connectivity index (χ1) is 8.65. The van der Waals surface area contributed by atoms with Gasteiger partial charge in [-0.2, -0.15) is 0 Å². The fourth-order valence-corrected chi connectivity index (χ4v) is 2.12. The zero-order valence-electron chi connectivity index (χ0n) is 12.4. The van der Waals surface area contributed by atoms with Gasteiger partial charge in [0, 0.05) is 24.3 Å². The molecular formula is C15H24FNO2. The van der Waals surface area contributed by atoms with E-state index in [1.807, 2.05) is 11.8 Å². The Labute approximate surface area is 114 Å². The number of rotatable bonds is 5. The molecule has 0 saturated heterocycles. The van der Waals surface area contributed by atoms with Crippen molar-refractivity contribution in [1.29, 1.82) is 0 Å². The second kappa shape index (κ2) is 5.88. The van der Waals surface area contributed by atoms with Crippen LogP contribution in [0.25, 0.3) is 0 Å². The Morgan fingerprint density at radius 2 is 1.95 bits per heavy atom. The van der Waals surface area contributed by atoms with Crippen LogP contribution in [0.3, 0.4) is 0 Å². The van der Waals surface area contributed by atoms with E-state index in [1.54, 1.807) is 33.8 Å². The molecule has 4 heteroatoms. The number of benzene rings is 1. The van der Waals surface area contributed by atoms with Crippen molar-refractivity contribution in [2.24, 2.45) is 0 Å². The molecule has 0 heterocycles. The van der Waals surface area contributed by atoms with Crippen molar-refractivity contribution >= 4 is 5.69 Å². The van der Waals surface area contributed by atoms with Crippen LogP contribution in [0, 0.1) is 12.7 Å². The second-order valence-corrected chi connectivity index (χ2v) is 5.66. The number of anilines is 1. The van der Waals surface area contributed by atoms with Crippen LogP contribution in [0.5, 0.6) is 0 Å². The molecule has 0 aliphatic heterocycles. The summed E-state index contributed by atoms with van der Waals surface area (Å²) in [5, 5.41) is 19.8. The van der Waals surface area contributed by atoms with E-state index in [-0.39, 0.29) is 5.82 Å². The molecule has 0 aromatic heterocycles. The molecular weight excluding hydrogens is 245 g/mol. The van der Waals surface area contributed by atoms with E-state index < -0.39 is 11.7 Å². The monoisotopic (exact) mass is 269 g/mol. The maximum absolute atomic E-state index is 13.6. The Morgan fingerprint density at radius 1 is 1.37 bits per heavy atom. The highest BCUT2D eigenvalue weighted by molar-refractivity contribution is 5.57. The van der Waals surface area contributed by atoms with Crippen LogP contribution in [0.2, 0.25) is 0 Å². The smallest absolute Gasteiger partial charge is 0.126 e. The Hall–Kier alpha value is -1.13. The lowest BCUT2D eigenvalue weighted by Crippen LogP contribution is -2.39. The number of aliphatic hydroxyl groups is 2. The molecule has 0 bridgehead atoms. The quantitative estimate of drug-likeness (QED) is 0.864. The number of aryl methyl sites for hydroxylation is 1. The van der Waals surface area contributed by atoms with Gasteiger partial charge >= 0.3 is 0 Å². The highest BCUT2D eigenvalue weighted by Gasteiger charge is 2.21. The summed E-state index contributed by atoms with van der Waals surface area (Å²) in [5.41, 5.74) is 1.01. The van der Waals surface area contributed by atoms with Gasteiger partial charge in [0.1, 0.15) is 5.82 Å². The molecule has 2 N–H and O–H groups in total. The van der Waals surface area contributed by atoms with Crippen LogP contribution < -0.4 is 4.90 Å². The molecule has 0 aliphatic rings. The van der Waals surface area contributed by atoms with Gasteiger partial charge in [0.05, 0.1) is 11.7 Å². The summed E-state index contributed by atoms with van der Waals surface area (Å²) in [6, 6.07) is 3.11. The van der Waals surface area contributed by atoms with E-state index in [9.17, 15) is 14.6 Å². The fraction of sp³-hybridized carbons (Fsp3) is 0.600. The maximum Gasteiger partial charge on any atom is 0.126 e. The van der Waals surface area contributed by atoms with Gasteiger partial charge in [0.2, 0.25) is 0 Å². The molecule has 0 radical (unpaired) electrons. The number of hydrogen-bond acceptors (Lipinski definition) is 3. The molecule has 19 heavy (non-hydrogen) atoms. The van der Waals surface area contributed by atoms with Crippen molar-refractivity contribution in [3.63, 3.8) is 0 Å². The molecule has 0 amide bonds. The minimum Gasteiger partial charge on any atom is -0.389 e. The minimum absolute atomic E-state index is 0.320. The van der Waals surface area contributed by atoms with Gasteiger partial charge < -0.3 is 15.1 Å². The maximum atomic E-state index is 13.6. The van der Waals surface area contributed by atoms with Crippen molar-refractivity contribution in [3.8, 4) is 0 Å². The van der Waals surface area contributed by atoms with E-state index in [0.29, 0.717) is 24.2 Å². The van der Waals surface area contributed by atoms with Crippen molar-refractivity contribution in [1.82, 2.24) is 0 Å². The number of halogens is 1. The third-order valence-corrected chi connectivity index (χ3v) is 3.06. The Balaban J connectivity index is 3.25. The zero-order chi connectivity index (χ0) is 14.8.